The molecule has 0 saturated heterocycles. The SMILES string of the molecule is CC(C)(C)c1cc(N2CN(c3cc(C(C)(C)C)cc(C(C)(C)C)c3)C(c3ccccc3)=N2)cc(C(C)(C)C)c1. The molecule has 3 aromatic rings. The first-order chi connectivity index (χ1) is 17.8. The van der Waals surface area contributed by atoms with Gasteiger partial charge in [-0.3, -0.25) is 0 Å². The van der Waals surface area contributed by atoms with Crippen LogP contribution in [0.25, 0.3) is 0 Å². The van der Waals surface area contributed by atoms with E-state index in [-0.39, 0.29) is 21.7 Å². The molecule has 3 heteroatoms. The molecule has 1 aliphatic rings. The minimum atomic E-state index is 0.0438. The zero-order valence-electron chi connectivity index (χ0n) is 26.4. The van der Waals surface area contributed by atoms with Gasteiger partial charge in [-0.05, 0) is 68.2 Å². The van der Waals surface area contributed by atoms with Gasteiger partial charge in [0.25, 0.3) is 0 Å². The first-order valence-corrected chi connectivity index (χ1v) is 14.4. The molecule has 0 unspecified atom stereocenters. The van der Waals surface area contributed by atoms with Crippen molar-refractivity contribution >= 4 is 17.2 Å². The van der Waals surface area contributed by atoms with Gasteiger partial charge in [0.05, 0.1) is 5.69 Å². The van der Waals surface area contributed by atoms with E-state index < -0.39 is 0 Å². The zero-order valence-corrected chi connectivity index (χ0v) is 26.4. The van der Waals surface area contributed by atoms with E-state index in [1.54, 1.807) is 0 Å². The topological polar surface area (TPSA) is 18.8 Å². The molecule has 0 aromatic heterocycles. The van der Waals surface area contributed by atoms with Gasteiger partial charge in [0.15, 0.2) is 5.84 Å². The number of hydrogen-bond donors (Lipinski definition) is 0. The lowest BCUT2D eigenvalue weighted by molar-refractivity contribution is 0.568. The second-order valence-corrected chi connectivity index (χ2v) is 15.3. The highest BCUT2D eigenvalue weighted by molar-refractivity contribution is 6.12. The van der Waals surface area contributed by atoms with Crippen LogP contribution in [0.4, 0.5) is 11.4 Å². The van der Waals surface area contributed by atoms with Gasteiger partial charge in [-0.15, -0.1) is 0 Å². The van der Waals surface area contributed by atoms with Crippen LogP contribution in [0.3, 0.4) is 0 Å². The summed E-state index contributed by atoms with van der Waals surface area (Å²) >= 11 is 0. The molecule has 4 rings (SSSR count). The molecule has 0 radical (unpaired) electrons. The summed E-state index contributed by atoms with van der Waals surface area (Å²) in [5.41, 5.74) is 9.02. The first kappa shape index (κ1) is 28.9. The molecule has 39 heavy (non-hydrogen) atoms. The fourth-order valence-corrected chi connectivity index (χ4v) is 4.80. The zero-order chi connectivity index (χ0) is 29.0. The third kappa shape index (κ3) is 6.40. The quantitative estimate of drug-likeness (QED) is 0.340. The second kappa shape index (κ2) is 9.84. The van der Waals surface area contributed by atoms with Crippen molar-refractivity contribution in [1.82, 2.24) is 0 Å². The minimum Gasteiger partial charge on any atom is -0.304 e. The maximum absolute atomic E-state index is 5.29. The number of anilines is 2. The van der Waals surface area contributed by atoms with Crippen molar-refractivity contribution in [1.29, 1.82) is 0 Å². The average Bonchev–Trinajstić information content (AvgIpc) is 3.27. The van der Waals surface area contributed by atoms with Crippen LogP contribution in [0.2, 0.25) is 0 Å². The van der Waals surface area contributed by atoms with Crippen LogP contribution in [0.5, 0.6) is 0 Å². The lowest BCUT2D eigenvalue weighted by Gasteiger charge is -2.30. The van der Waals surface area contributed by atoms with Gasteiger partial charge in [0.1, 0.15) is 6.67 Å². The summed E-state index contributed by atoms with van der Waals surface area (Å²) in [7, 11) is 0. The van der Waals surface area contributed by atoms with Crippen molar-refractivity contribution in [3.8, 4) is 0 Å². The molecule has 0 saturated carbocycles. The van der Waals surface area contributed by atoms with Gasteiger partial charge in [-0.1, -0.05) is 126 Å². The van der Waals surface area contributed by atoms with E-state index in [0.29, 0.717) is 6.67 Å². The van der Waals surface area contributed by atoms with E-state index in [0.717, 1.165) is 17.1 Å². The molecule has 0 spiro atoms. The van der Waals surface area contributed by atoms with E-state index in [4.69, 9.17) is 5.10 Å². The van der Waals surface area contributed by atoms with Crippen molar-refractivity contribution in [2.75, 3.05) is 16.6 Å². The van der Waals surface area contributed by atoms with Crippen LogP contribution in [-0.2, 0) is 21.7 Å². The summed E-state index contributed by atoms with van der Waals surface area (Å²) < 4.78 is 0. The van der Waals surface area contributed by atoms with E-state index >= 15 is 0 Å². The first-order valence-electron chi connectivity index (χ1n) is 14.4. The molecular formula is C36H49N3. The highest BCUT2D eigenvalue weighted by Crippen LogP contribution is 2.38. The summed E-state index contributed by atoms with van der Waals surface area (Å²) in [5.74, 6) is 0.986. The Morgan fingerprint density at radius 1 is 0.513 bits per heavy atom. The Hall–Kier alpha value is -3.07. The largest absolute Gasteiger partial charge is 0.304 e. The Bertz CT molecular complexity index is 1290. The average molecular weight is 524 g/mol. The summed E-state index contributed by atoms with van der Waals surface area (Å²) in [6, 6.07) is 24.8. The van der Waals surface area contributed by atoms with Crippen LogP contribution >= 0.6 is 0 Å². The Labute approximate surface area is 237 Å². The van der Waals surface area contributed by atoms with Gasteiger partial charge in [0.2, 0.25) is 0 Å². The van der Waals surface area contributed by atoms with Crippen LogP contribution in [-0.4, -0.2) is 12.5 Å². The molecule has 0 atom stereocenters. The van der Waals surface area contributed by atoms with Crippen molar-refractivity contribution in [2.45, 2.75) is 105 Å². The predicted octanol–water partition coefficient (Wildman–Crippen LogP) is 9.52. The number of rotatable bonds is 3. The van der Waals surface area contributed by atoms with E-state index in [1.165, 1.54) is 27.9 Å². The molecule has 208 valence electrons. The molecule has 0 aliphatic carbocycles. The summed E-state index contributed by atoms with van der Waals surface area (Å²) in [4.78, 5) is 2.39. The predicted molar refractivity (Wildman–Crippen MR) is 170 cm³/mol. The Morgan fingerprint density at radius 2 is 0.897 bits per heavy atom. The third-order valence-electron chi connectivity index (χ3n) is 7.69. The number of hydrogen-bond acceptors (Lipinski definition) is 3. The molecule has 0 fully saturated rings. The smallest absolute Gasteiger partial charge is 0.162 e. The highest BCUT2D eigenvalue weighted by Gasteiger charge is 2.31. The maximum Gasteiger partial charge on any atom is 0.162 e. The van der Waals surface area contributed by atoms with Crippen LogP contribution < -0.4 is 9.91 Å². The molecule has 1 aliphatic heterocycles. The molecular weight excluding hydrogens is 474 g/mol. The Kier molecular flexibility index (Phi) is 7.30. The highest BCUT2D eigenvalue weighted by atomic mass is 15.6. The molecule has 1 heterocycles. The van der Waals surface area contributed by atoms with Gasteiger partial charge in [0, 0.05) is 11.3 Å². The van der Waals surface area contributed by atoms with E-state index in [2.05, 4.69) is 160 Å². The summed E-state index contributed by atoms with van der Waals surface area (Å²) in [5, 5.41) is 7.48. The van der Waals surface area contributed by atoms with Crippen molar-refractivity contribution in [3.05, 3.63) is 94.5 Å². The lowest BCUT2D eigenvalue weighted by atomic mass is 9.80. The molecule has 0 bridgehead atoms. The normalized spacial score (nSPS) is 15.1. The number of amidine groups is 1. The van der Waals surface area contributed by atoms with Gasteiger partial charge in [-0.2, -0.15) is 5.10 Å². The van der Waals surface area contributed by atoms with Crippen molar-refractivity contribution in [2.24, 2.45) is 5.10 Å². The number of benzene rings is 3. The lowest BCUT2D eigenvalue weighted by Crippen LogP contribution is -2.32. The van der Waals surface area contributed by atoms with Crippen LogP contribution in [0.15, 0.2) is 71.8 Å². The van der Waals surface area contributed by atoms with E-state index in [9.17, 15) is 0 Å². The third-order valence-corrected chi connectivity index (χ3v) is 7.69. The standard InChI is InChI=1S/C36H49N3/c1-33(2,3)26-18-27(34(4,5)6)21-30(20-26)38-24-39(37-32(38)25-16-14-13-15-17-25)31-22-28(35(7,8)9)19-29(23-31)36(10,11)12/h13-23H,24H2,1-12H3. The monoisotopic (exact) mass is 523 g/mol. The Balaban J connectivity index is 1.90. The van der Waals surface area contributed by atoms with Crippen molar-refractivity contribution < 1.29 is 0 Å². The summed E-state index contributed by atoms with van der Waals surface area (Å²) in [6.45, 7) is 28.2. The molecule has 3 nitrogen and oxygen atoms in total. The molecule has 3 aromatic carbocycles. The van der Waals surface area contributed by atoms with E-state index in [1.807, 2.05) is 0 Å². The molecule has 0 amide bonds. The second-order valence-electron chi connectivity index (χ2n) is 15.3. The fourth-order valence-electron chi connectivity index (χ4n) is 4.80. The maximum atomic E-state index is 5.29. The Morgan fingerprint density at radius 3 is 1.28 bits per heavy atom. The van der Waals surface area contributed by atoms with Gasteiger partial charge < -0.3 is 4.90 Å². The number of hydrazone groups is 1. The molecule has 0 N–H and O–H groups in total. The fraction of sp³-hybridized carbons (Fsp3) is 0.472. The van der Waals surface area contributed by atoms with Gasteiger partial charge in [-0.25, -0.2) is 5.01 Å². The number of nitrogens with zero attached hydrogens (tertiary/aromatic N) is 3. The van der Waals surface area contributed by atoms with Crippen LogP contribution in [0.1, 0.15) is 111 Å². The minimum absolute atomic E-state index is 0.0438. The van der Waals surface area contributed by atoms with Gasteiger partial charge >= 0.3 is 0 Å². The van der Waals surface area contributed by atoms with Crippen LogP contribution in [0, 0.1) is 0 Å². The van der Waals surface area contributed by atoms with Crippen molar-refractivity contribution in [3.63, 3.8) is 0 Å². The summed E-state index contributed by atoms with van der Waals surface area (Å²) in [6.07, 6.45) is 0.